The molecule has 0 spiro atoms. The van der Waals surface area contributed by atoms with E-state index in [1.165, 1.54) is 6.92 Å². The number of hydrogen-bond acceptors (Lipinski definition) is 2. The van der Waals surface area contributed by atoms with E-state index in [1.807, 2.05) is 0 Å². The van der Waals surface area contributed by atoms with Crippen LogP contribution in [0.25, 0.3) is 0 Å². The highest BCUT2D eigenvalue weighted by molar-refractivity contribution is 6.06. The molecule has 4 heteroatoms. The standard InChI is InChI=1S/C7H8FNO2/c1-4(2)7(11)9-5(8)3-6(9)10/h5H,1,3H2,2H3. The van der Waals surface area contributed by atoms with Gasteiger partial charge in [0.15, 0.2) is 6.30 Å². The van der Waals surface area contributed by atoms with Crippen molar-refractivity contribution in [3.05, 3.63) is 12.2 Å². The number of nitrogens with zero attached hydrogens (tertiary/aromatic N) is 1. The van der Waals surface area contributed by atoms with E-state index >= 15 is 0 Å². The Morgan fingerprint density at radius 2 is 2.36 bits per heavy atom. The van der Waals surface area contributed by atoms with E-state index in [-0.39, 0.29) is 12.0 Å². The molecule has 1 saturated heterocycles. The number of imide groups is 1. The van der Waals surface area contributed by atoms with Gasteiger partial charge in [0.05, 0.1) is 6.42 Å². The first kappa shape index (κ1) is 7.91. The lowest BCUT2D eigenvalue weighted by molar-refractivity contribution is -0.163. The monoisotopic (exact) mass is 157 g/mol. The van der Waals surface area contributed by atoms with Gasteiger partial charge in [0.2, 0.25) is 5.91 Å². The van der Waals surface area contributed by atoms with Crippen molar-refractivity contribution in [1.82, 2.24) is 4.90 Å². The summed E-state index contributed by atoms with van der Waals surface area (Å²) >= 11 is 0. The highest BCUT2D eigenvalue weighted by Crippen LogP contribution is 2.21. The molecule has 1 heterocycles. The van der Waals surface area contributed by atoms with Crippen LogP contribution in [0.5, 0.6) is 0 Å². The fourth-order valence-electron chi connectivity index (χ4n) is 0.824. The number of β-lactam (4-membered cyclic amide) rings is 1. The molecular weight excluding hydrogens is 149 g/mol. The fourth-order valence-corrected chi connectivity index (χ4v) is 0.824. The first-order valence-corrected chi connectivity index (χ1v) is 3.20. The van der Waals surface area contributed by atoms with E-state index < -0.39 is 18.1 Å². The van der Waals surface area contributed by atoms with E-state index in [1.54, 1.807) is 0 Å². The van der Waals surface area contributed by atoms with Crippen LogP contribution in [0.4, 0.5) is 4.39 Å². The van der Waals surface area contributed by atoms with E-state index in [2.05, 4.69) is 6.58 Å². The van der Waals surface area contributed by atoms with Crippen molar-refractivity contribution in [1.29, 1.82) is 0 Å². The number of carbonyl (C=O) groups excluding carboxylic acids is 2. The lowest BCUT2D eigenvalue weighted by Crippen LogP contribution is -2.53. The van der Waals surface area contributed by atoms with Crippen molar-refractivity contribution in [3.8, 4) is 0 Å². The Bertz CT molecular complexity index is 237. The lowest BCUT2D eigenvalue weighted by Gasteiger charge is -2.32. The summed E-state index contributed by atoms with van der Waals surface area (Å²) in [6.07, 6.45) is -1.62. The molecule has 0 N–H and O–H groups in total. The van der Waals surface area contributed by atoms with Crippen molar-refractivity contribution >= 4 is 11.8 Å². The Kier molecular flexibility index (Phi) is 1.76. The maximum atomic E-state index is 12.5. The first-order chi connectivity index (χ1) is 5.04. The Labute approximate surface area is 63.5 Å². The maximum Gasteiger partial charge on any atom is 0.257 e. The van der Waals surface area contributed by atoms with Crippen LogP contribution in [0.15, 0.2) is 12.2 Å². The molecule has 1 rings (SSSR count). The zero-order chi connectivity index (χ0) is 8.59. The summed E-state index contributed by atoms with van der Waals surface area (Å²) in [6.45, 7) is 4.76. The molecule has 1 aliphatic heterocycles. The summed E-state index contributed by atoms with van der Waals surface area (Å²) in [5, 5.41) is 0. The largest absolute Gasteiger partial charge is 0.274 e. The van der Waals surface area contributed by atoms with Gasteiger partial charge >= 0.3 is 0 Å². The molecule has 1 atom stereocenters. The van der Waals surface area contributed by atoms with Gasteiger partial charge in [0.1, 0.15) is 0 Å². The van der Waals surface area contributed by atoms with Crippen molar-refractivity contribution in [2.24, 2.45) is 0 Å². The Morgan fingerprint density at radius 3 is 2.55 bits per heavy atom. The van der Waals surface area contributed by atoms with Crippen molar-refractivity contribution in [3.63, 3.8) is 0 Å². The molecule has 1 aliphatic rings. The van der Waals surface area contributed by atoms with Gasteiger partial charge in [-0.2, -0.15) is 0 Å². The SMILES string of the molecule is C=C(C)C(=O)N1C(=O)CC1F. The second-order valence-corrected chi connectivity index (χ2v) is 2.49. The molecule has 2 amide bonds. The molecule has 60 valence electrons. The molecular formula is C7H8FNO2. The molecule has 3 nitrogen and oxygen atoms in total. The normalized spacial score (nSPS) is 22.9. The van der Waals surface area contributed by atoms with Gasteiger partial charge in [-0.1, -0.05) is 6.58 Å². The second kappa shape index (κ2) is 2.45. The number of rotatable bonds is 1. The van der Waals surface area contributed by atoms with Gasteiger partial charge in [-0.3, -0.25) is 9.59 Å². The van der Waals surface area contributed by atoms with Gasteiger partial charge < -0.3 is 0 Å². The van der Waals surface area contributed by atoms with Gasteiger partial charge in [-0.25, -0.2) is 9.29 Å². The summed E-state index contributed by atoms with van der Waals surface area (Å²) in [4.78, 5) is 22.1. The van der Waals surface area contributed by atoms with E-state index in [0.717, 1.165) is 0 Å². The van der Waals surface area contributed by atoms with Crippen LogP contribution < -0.4 is 0 Å². The molecule has 0 radical (unpaired) electrons. The lowest BCUT2D eigenvalue weighted by atomic mass is 10.1. The molecule has 0 aromatic heterocycles. The molecule has 0 bridgehead atoms. The highest BCUT2D eigenvalue weighted by atomic mass is 19.1. The molecule has 0 aromatic rings. The smallest absolute Gasteiger partial charge is 0.257 e. The van der Waals surface area contributed by atoms with Crippen LogP contribution in [0.1, 0.15) is 13.3 Å². The second-order valence-electron chi connectivity index (χ2n) is 2.49. The topological polar surface area (TPSA) is 37.4 Å². The summed E-state index contributed by atoms with van der Waals surface area (Å²) in [7, 11) is 0. The van der Waals surface area contributed by atoms with Crippen LogP contribution >= 0.6 is 0 Å². The van der Waals surface area contributed by atoms with E-state index in [9.17, 15) is 14.0 Å². The predicted molar refractivity (Wildman–Crippen MR) is 36.2 cm³/mol. The minimum absolute atomic E-state index is 0.181. The van der Waals surface area contributed by atoms with E-state index in [0.29, 0.717) is 4.90 Å². The Balaban J connectivity index is 2.68. The van der Waals surface area contributed by atoms with Gasteiger partial charge in [0, 0.05) is 5.57 Å². The minimum Gasteiger partial charge on any atom is -0.274 e. The average molecular weight is 157 g/mol. The fraction of sp³-hybridized carbons (Fsp3) is 0.429. The number of likely N-dealkylation sites (tertiary alicyclic amines) is 1. The highest BCUT2D eigenvalue weighted by Gasteiger charge is 2.40. The number of amides is 2. The quantitative estimate of drug-likeness (QED) is 0.318. The Hall–Kier alpha value is -1.19. The first-order valence-electron chi connectivity index (χ1n) is 3.20. The van der Waals surface area contributed by atoms with Crippen molar-refractivity contribution in [2.75, 3.05) is 0 Å². The van der Waals surface area contributed by atoms with E-state index in [4.69, 9.17) is 0 Å². The average Bonchev–Trinajstić information content (AvgIpc) is 1.86. The third kappa shape index (κ3) is 1.15. The molecule has 1 fully saturated rings. The molecule has 0 saturated carbocycles. The molecule has 0 aromatic carbocycles. The number of carbonyl (C=O) groups is 2. The van der Waals surface area contributed by atoms with Crippen LogP contribution in [-0.4, -0.2) is 23.0 Å². The van der Waals surface area contributed by atoms with Gasteiger partial charge in [-0.15, -0.1) is 0 Å². The van der Waals surface area contributed by atoms with Crippen LogP contribution in [-0.2, 0) is 9.59 Å². The van der Waals surface area contributed by atoms with Crippen molar-refractivity contribution in [2.45, 2.75) is 19.6 Å². The summed E-state index contributed by atoms with van der Waals surface area (Å²) < 4.78 is 12.5. The summed E-state index contributed by atoms with van der Waals surface area (Å²) in [6, 6.07) is 0. The van der Waals surface area contributed by atoms with Gasteiger partial charge in [0.25, 0.3) is 5.91 Å². The molecule has 1 unspecified atom stereocenters. The third-order valence-electron chi connectivity index (χ3n) is 1.48. The van der Waals surface area contributed by atoms with Crippen LogP contribution in [0, 0.1) is 0 Å². The number of hydrogen-bond donors (Lipinski definition) is 0. The predicted octanol–water partition coefficient (Wildman–Crippen LogP) is 0.617. The third-order valence-corrected chi connectivity index (χ3v) is 1.48. The summed E-state index contributed by atoms with van der Waals surface area (Å²) in [5.74, 6) is -1.08. The van der Waals surface area contributed by atoms with Gasteiger partial charge in [-0.05, 0) is 6.92 Å². The molecule has 0 aliphatic carbocycles. The van der Waals surface area contributed by atoms with Crippen molar-refractivity contribution < 1.29 is 14.0 Å². The Morgan fingerprint density at radius 1 is 1.82 bits per heavy atom. The maximum absolute atomic E-state index is 12.5. The summed E-state index contributed by atoms with van der Waals surface area (Å²) in [5.41, 5.74) is 0.181. The minimum atomic E-state index is -1.44. The van der Waals surface area contributed by atoms with Crippen LogP contribution in [0.2, 0.25) is 0 Å². The zero-order valence-electron chi connectivity index (χ0n) is 6.13. The molecule has 11 heavy (non-hydrogen) atoms. The van der Waals surface area contributed by atoms with Crippen LogP contribution in [0.3, 0.4) is 0 Å². The zero-order valence-corrected chi connectivity index (χ0v) is 6.13. The number of alkyl halides is 1. The number of halogens is 1.